The molecule has 114 valence electrons. The van der Waals surface area contributed by atoms with Crippen molar-refractivity contribution >= 4 is 15.9 Å². The van der Waals surface area contributed by atoms with Crippen molar-refractivity contribution in [1.29, 1.82) is 0 Å². The second-order valence-electron chi connectivity index (χ2n) is 6.25. The number of carbonyl (C=O) groups excluding carboxylic acids is 1. The molecule has 1 saturated heterocycles. The molecular weight excluding hydrogens is 286 g/mol. The van der Waals surface area contributed by atoms with Crippen molar-refractivity contribution in [3.8, 4) is 0 Å². The van der Waals surface area contributed by atoms with Crippen molar-refractivity contribution in [2.75, 3.05) is 6.54 Å². The van der Waals surface area contributed by atoms with Crippen molar-refractivity contribution in [2.45, 2.75) is 43.9 Å². The Balaban J connectivity index is 1.88. The molecule has 0 radical (unpaired) electrons. The van der Waals surface area contributed by atoms with Gasteiger partial charge in [-0.15, -0.1) is 0 Å². The molecule has 1 aliphatic carbocycles. The van der Waals surface area contributed by atoms with E-state index in [-0.39, 0.29) is 10.8 Å². The van der Waals surface area contributed by atoms with Gasteiger partial charge in [0.1, 0.15) is 0 Å². The molecule has 2 fully saturated rings. The first-order chi connectivity index (χ1) is 9.98. The predicted octanol–water partition coefficient (Wildman–Crippen LogP) is 2.72. The van der Waals surface area contributed by atoms with Crippen LogP contribution in [0.4, 0.5) is 0 Å². The number of hydrogen-bond donors (Lipinski definition) is 0. The van der Waals surface area contributed by atoms with E-state index in [0.29, 0.717) is 24.8 Å². The number of carbonyl (C=O) groups is 1. The number of rotatable bonds is 2. The molecule has 0 aromatic heterocycles. The van der Waals surface area contributed by atoms with Gasteiger partial charge in [0.25, 0.3) is 10.0 Å². The van der Waals surface area contributed by atoms with Crippen LogP contribution in [0, 0.1) is 18.8 Å². The summed E-state index contributed by atoms with van der Waals surface area (Å²) in [6.45, 7) is 2.27. The summed E-state index contributed by atoms with van der Waals surface area (Å²) in [5, 5.41) is 0. The summed E-state index contributed by atoms with van der Waals surface area (Å²) in [7, 11) is -3.69. The van der Waals surface area contributed by atoms with Gasteiger partial charge < -0.3 is 0 Å². The first kappa shape index (κ1) is 14.6. The third kappa shape index (κ3) is 2.71. The molecular formula is C16H21NO3S. The number of fused-ring (bicyclic) bond motifs is 1. The molecule has 4 nitrogen and oxygen atoms in total. The van der Waals surface area contributed by atoms with Crippen molar-refractivity contribution in [3.05, 3.63) is 29.8 Å². The molecule has 1 saturated carbocycles. The molecule has 0 unspecified atom stereocenters. The lowest BCUT2D eigenvalue weighted by molar-refractivity contribution is -0.132. The Morgan fingerprint density at radius 3 is 2.33 bits per heavy atom. The summed E-state index contributed by atoms with van der Waals surface area (Å²) in [5.74, 6) is 0.492. The Morgan fingerprint density at radius 2 is 1.67 bits per heavy atom. The summed E-state index contributed by atoms with van der Waals surface area (Å²) in [4.78, 5) is 12.5. The van der Waals surface area contributed by atoms with E-state index in [9.17, 15) is 13.2 Å². The number of piperidine rings is 1. The standard InChI is InChI=1S/C16H21NO3S/c1-12-6-8-15(9-7-12)21(19,20)17-11-14-5-3-2-4-13(14)10-16(17)18/h6-9,13-14H,2-5,10-11H2,1H3/t13-,14+/m1/s1. The normalized spacial score (nSPS) is 26.5. The highest BCUT2D eigenvalue weighted by Crippen LogP contribution is 2.38. The second kappa shape index (κ2) is 5.44. The maximum atomic E-state index is 12.7. The highest BCUT2D eigenvalue weighted by molar-refractivity contribution is 7.89. The summed E-state index contributed by atoms with van der Waals surface area (Å²) in [6.07, 6.45) is 4.80. The molecule has 2 aliphatic rings. The molecule has 3 rings (SSSR count). The Hall–Kier alpha value is -1.36. The highest BCUT2D eigenvalue weighted by atomic mass is 32.2. The summed E-state index contributed by atoms with van der Waals surface area (Å²) < 4.78 is 26.5. The van der Waals surface area contributed by atoms with Gasteiger partial charge in [-0.05, 0) is 43.7 Å². The largest absolute Gasteiger partial charge is 0.274 e. The van der Waals surface area contributed by atoms with Crippen molar-refractivity contribution in [2.24, 2.45) is 11.8 Å². The van der Waals surface area contributed by atoms with E-state index in [4.69, 9.17) is 0 Å². The first-order valence-corrected chi connectivity index (χ1v) is 9.05. The number of hydrogen-bond acceptors (Lipinski definition) is 3. The molecule has 1 aliphatic heterocycles. The molecule has 1 aromatic rings. The van der Waals surface area contributed by atoms with Crippen LogP contribution in [0.25, 0.3) is 0 Å². The Bertz CT molecular complexity index is 636. The van der Waals surface area contributed by atoms with E-state index in [1.54, 1.807) is 24.3 Å². The summed E-state index contributed by atoms with van der Waals surface area (Å²) in [6, 6.07) is 6.71. The number of aryl methyl sites for hydroxylation is 1. The minimum atomic E-state index is -3.69. The predicted molar refractivity (Wildman–Crippen MR) is 80.1 cm³/mol. The topological polar surface area (TPSA) is 54.5 Å². The molecule has 0 N–H and O–H groups in total. The molecule has 1 amide bonds. The van der Waals surface area contributed by atoms with E-state index >= 15 is 0 Å². The van der Waals surface area contributed by atoms with E-state index < -0.39 is 10.0 Å². The van der Waals surface area contributed by atoms with Crippen LogP contribution in [-0.4, -0.2) is 25.2 Å². The van der Waals surface area contributed by atoms with Gasteiger partial charge in [0.05, 0.1) is 4.90 Å². The summed E-state index contributed by atoms with van der Waals surface area (Å²) in [5.41, 5.74) is 1.01. The van der Waals surface area contributed by atoms with Gasteiger partial charge in [0.2, 0.25) is 5.91 Å². The molecule has 2 atom stereocenters. The van der Waals surface area contributed by atoms with E-state index in [0.717, 1.165) is 29.1 Å². The zero-order valence-electron chi connectivity index (χ0n) is 12.3. The van der Waals surface area contributed by atoms with Gasteiger partial charge in [-0.25, -0.2) is 12.7 Å². The molecule has 5 heteroatoms. The Kier molecular flexibility index (Phi) is 3.78. The van der Waals surface area contributed by atoms with E-state index in [2.05, 4.69) is 0 Å². The van der Waals surface area contributed by atoms with Crippen LogP contribution >= 0.6 is 0 Å². The fraction of sp³-hybridized carbons (Fsp3) is 0.562. The maximum Gasteiger partial charge on any atom is 0.266 e. The van der Waals surface area contributed by atoms with Gasteiger partial charge in [-0.3, -0.25) is 4.79 Å². The van der Waals surface area contributed by atoms with Crippen LogP contribution in [-0.2, 0) is 14.8 Å². The number of amides is 1. The lowest BCUT2D eigenvalue weighted by atomic mass is 9.75. The SMILES string of the molecule is Cc1ccc(S(=O)(=O)N2C[C@@H]3CCCC[C@@H]3CC2=O)cc1. The van der Waals surface area contributed by atoms with Crippen LogP contribution in [0.1, 0.15) is 37.7 Å². The molecule has 1 aromatic carbocycles. The second-order valence-corrected chi connectivity index (χ2v) is 8.11. The van der Waals surface area contributed by atoms with E-state index in [1.165, 1.54) is 6.42 Å². The quantitative estimate of drug-likeness (QED) is 0.844. The average Bonchev–Trinajstić information content (AvgIpc) is 2.47. The van der Waals surface area contributed by atoms with Gasteiger partial charge in [0.15, 0.2) is 0 Å². The lowest BCUT2D eigenvalue weighted by Gasteiger charge is -2.40. The van der Waals surface area contributed by atoms with Crippen LogP contribution in [0.5, 0.6) is 0 Å². The average molecular weight is 307 g/mol. The highest BCUT2D eigenvalue weighted by Gasteiger charge is 2.40. The minimum Gasteiger partial charge on any atom is -0.274 e. The number of benzene rings is 1. The molecule has 21 heavy (non-hydrogen) atoms. The van der Waals surface area contributed by atoms with Crippen LogP contribution < -0.4 is 0 Å². The van der Waals surface area contributed by atoms with Crippen LogP contribution in [0.15, 0.2) is 29.2 Å². The minimum absolute atomic E-state index is 0.218. The summed E-state index contributed by atoms with van der Waals surface area (Å²) >= 11 is 0. The van der Waals surface area contributed by atoms with Crippen molar-refractivity contribution in [1.82, 2.24) is 4.31 Å². The van der Waals surface area contributed by atoms with Gasteiger partial charge >= 0.3 is 0 Å². The number of nitrogens with zero attached hydrogens (tertiary/aromatic N) is 1. The zero-order valence-corrected chi connectivity index (χ0v) is 13.1. The smallest absolute Gasteiger partial charge is 0.266 e. The lowest BCUT2D eigenvalue weighted by Crippen LogP contribution is -2.48. The Labute approximate surface area is 126 Å². The fourth-order valence-electron chi connectivity index (χ4n) is 3.50. The van der Waals surface area contributed by atoms with Gasteiger partial charge in [-0.1, -0.05) is 30.5 Å². The van der Waals surface area contributed by atoms with E-state index in [1.807, 2.05) is 6.92 Å². The maximum absolute atomic E-state index is 12.7. The fourth-order valence-corrected chi connectivity index (χ4v) is 4.97. The molecule has 1 heterocycles. The van der Waals surface area contributed by atoms with Crippen molar-refractivity contribution < 1.29 is 13.2 Å². The zero-order chi connectivity index (χ0) is 15.0. The van der Waals surface area contributed by atoms with Gasteiger partial charge in [-0.2, -0.15) is 0 Å². The molecule has 0 bridgehead atoms. The third-order valence-corrected chi connectivity index (χ3v) is 6.59. The van der Waals surface area contributed by atoms with Crippen LogP contribution in [0.2, 0.25) is 0 Å². The van der Waals surface area contributed by atoms with Gasteiger partial charge in [0, 0.05) is 13.0 Å². The third-order valence-electron chi connectivity index (χ3n) is 4.79. The molecule has 0 spiro atoms. The monoisotopic (exact) mass is 307 g/mol. The Morgan fingerprint density at radius 1 is 1.05 bits per heavy atom. The van der Waals surface area contributed by atoms with Crippen LogP contribution in [0.3, 0.4) is 0 Å². The number of sulfonamides is 1. The first-order valence-electron chi connectivity index (χ1n) is 7.61. The van der Waals surface area contributed by atoms with Crippen molar-refractivity contribution in [3.63, 3.8) is 0 Å².